The van der Waals surface area contributed by atoms with Gasteiger partial charge in [-0.1, -0.05) is 24.8 Å². The van der Waals surface area contributed by atoms with Crippen LogP contribution in [-0.4, -0.2) is 13.3 Å². The van der Waals surface area contributed by atoms with Gasteiger partial charge in [0.15, 0.2) is 0 Å². The first-order chi connectivity index (χ1) is 5.83. The van der Waals surface area contributed by atoms with Crippen molar-refractivity contribution in [1.29, 1.82) is 5.41 Å². The van der Waals surface area contributed by atoms with Crippen LogP contribution in [0.25, 0.3) is 6.08 Å². The zero-order chi connectivity index (χ0) is 8.97. The molecule has 1 N–H and O–H groups in total. The van der Waals surface area contributed by atoms with E-state index >= 15 is 0 Å². The molecule has 0 aliphatic rings. The third-order valence-corrected chi connectivity index (χ3v) is 1.68. The van der Waals surface area contributed by atoms with E-state index < -0.39 is 0 Å². The number of ether oxygens (including phenoxy) is 1. The Morgan fingerprint density at radius 2 is 2.25 bits per heavy atom. The number of rotatable bonds is 3. The van der Waals surface area contributed by atoms with Gasteiger partial charge in [0.25, 0.3) is 0 Å². The first-order valence-electron chi connectivity index (χ1n) is 3.63. The average Bonchev–Trinajstić information content (AvgIpc) is 2.16. The summed E-state index contributed by atoms with van der Waals surface area (Å²) in [6.07, 6.45) is 2.98. The maximum Gasteiger partial charge on any atom is 0.128 e. The molecular formula is C10H11NO. The fourth-order valence-electron chi connectivity index (χ4n) is 1.07. The van der Waals surface area contributed by atoms with Gasteiger partial charge < -0.3 is 10.1 Å². The molecule has 0 amide bonds. The van der Waals surface area contributed by atoms with Crippen LogP contribution in [0, 0.1) is 5.41 Å². The van der Waals surface area contributed by atoms with Crippen molar-refractivity contribution in [3.05, 3.63) is 35.9 Å². The van der Waals surface area contributed by atoms with Crippen LogP contribution in [0.4, 0.5) is 0 Å². The van der Waals surface area contributed by atoms with E-state index in [0.29, 0.717) is 5.75 Å². The number of nitrogens with one attached hydrogen (secondary N) is 1. The van der Waals surface area contributed by atoms with E-state index in [2.05, 4.69) is 6.58 Å². The van der Waals surface area contributed by atoms with E-state index in [1.807, 2.05) is 18.2 Å². The van der Waals surface area contributed by atoms with Gasteiger partial charge >= 0.3 is 0 Å². The molecule has 1 aromatic rings. The Hall–Kier alpha value is -1.57. The van der Waals surface area contributed by atoms with Crippen LogP contribution in [0.1, 0.15) is 11.1 Å². The highest BCUT2D eigenvalue weighted by Gasteiger charge is 2.02. The standard InChI is InChI=1S/C10H11NO/c1-3-8-5-4-6-10(12-2)9(8)7-11/h3-7,11H,1H2,2H3. The Bertz CT molecular complexity index is 305. The summed E-state index contributed by atoms with van der Waals surface area (Å²) in [5.74, 6) is 0.711. The molecule has 1 rings (SSSR count). The molecular weight excluding hydrogens is 150 g/mol. The van der Waals surface area contributed by atoms with Crippen molar-refractivity contribution < 1.29 is 4.74 Å². The third kappa shape index (κ3) is 1.37. The van der Waals surface area contributed by atoms with Gasteiger partial charge in [-0.15, -0.1) is 0 Å². The minimum absolute atomic E-state index is 0.711. The molecule has 2 nitrogen and oxygen atoms in total. The second-order valence-corrected chi connectivity index (χ2v) is 2.31. The highest BCUT2D eigenvalue weighted by molar-refractivity contribution is 5.87. The summed E-state index contributed by atoms with van der Waals surface area (Å²) in [6, 6.07) is 5.60. The first-order valence-corrected chi connectivity index (χ1v) is 3.63. The van der Waals surface area contributed by atoms with E-state index in [1.165, 1.54) is 6.21 Å². The Morgan fingerprint density at radius 3 is 2.75 bits per heavy atom. The summed E-state index contributed by atoms with van der Waals surface area (Å²) < 4.78 is 5.08. The van der Waals surface area contributed by atoms with Gasteiger partial charge in [0, 0.05) is 11.8 Å². The van der Waals surface area contributed by atoms with Crippen molar-refractivity contribution in [3.63, 3.8) is 0 Å². The second-order valence-electron chi connectivity index (χ2n) is 2.31. The maximum atomic E-state index is 7.18. The molecule has 0 unspecified atom stereocenters. The Kier molecular flexibility index (Phi) is 2.64. The number of hydrogen-bond donors (Lipinski definition) is 1. The minimum atomic E-state index is 0.711. The van der Waals surface area contributed by atoms with Crippen molar-refractivity contribution in [2.75, 3.05) is 7.11 Å². The van der Waals surface area contributed by atoms with Crippen LogP contribution in [0.2, 0.25) is 0 Å². The minimum Gasteiger partial charge on any atom is -0.496 e. The summed E-state index contributed by atoms with van der Waals surface area (Å²) in [7, 11) is 1.59. The predicted octanol–water partition coefficient (Wildman–Crippen LogP) is 2.34. The normalized spacial score (nSPS) is 9.08. The lowest BCUT2D eigenvalue weighted by atomic mass is 10.1. The first kappa shape index (κ1) is 8.53. The number of methoxy groups -OCH3 is 1. The number of hydrogen-bond acceptors (Lipinski definition) is 2. The van der Waals surface area contributed by atoms with Gasteiger partial charge in [0.2, 0.25) is 0 Å². The maximum absolute atomic E-state index is 7.18. The highest BCUT2D eigenvalue weighted by Crippen LogP contribution is 2.20. The third-order valence-electron chi connectivity index (χ3n) is 1.68. The zero-order valence-corrected chi connectivity index (χ0v) is 7.00. The second kappa shape index (κ2) is 3.72. The largest absolute Gasteiger partial charge is 0.496 e. The molecule has 0 aliphatic carbocycles. The van der Waals surface area contributed by atoms with Gasteiger partial charge in [-0.2, -0.15) is 0 Å². The van der Waals surface area contributed by atoms with Crippen molar-refractivity contribution in [3.8, 4) is 5.75 Å². The van der Waals surface area contributed by atoms with Crippen LogP contribution in [-0.2, 0) is 0 Å². The molecule has 0 radical (unpaired) electrons. The summed E-state index contributed by atoms with van der Waals surface area (Å²) >= 11 is 0. The Labute approximate surface area is 72.0 Å². The van der Waals surface area contributed by atoms with E-state index in [1.54, 1.807) is 13.2 Å². The van der Waals surface area contributed by atoms with Crippen molar-refractivity contribution >= 4 is 12.3 Å². The molecule has 0 aliphatic heterocycles. The molecule has 1 aromatic carbocycles. The Balaban J connectivity index is 3.31. The quantitative estimate of drug-likeness (QED) is 0.678. The summed E-state index contributed by atoms with van der Waals surface area (Å²) in [6.45, 7) is 3.66. The molecule has 0 spiro atoms. The van der Waals surface area contributed by atoms with E-state index in [0.717, 1.165) is 11.1 Å². The molecule has 0 saturated heterocycles. The van der Waals surface area contributed by atoms with Crippen LogP contribution >= 0.6 is 0 Å². The topological polar surface area (TPSA) is 33.1 Å². The highest BCUT2D eigenvalue weighted by atomic mass is 16.5. The molecule has 12 heavy (non-hydrogen) atoms. The van der Waals surface area contributed by atoms with E-state index in [-0.39, 0.29) is 0 Å². The van der Waals surface area contributed by atoms with Crippen LogP contribution in [0.3, 0.4) is 0 Å². The van der Waals surface area contributed by atoms with E-state index in [4.69, 9.17) is 10.1 Å². The summed E-state index contributed by atoms with van der Waals surface area (Å²) in [4.78, 5) is 0. The molecule has 0 saturated carbocycles. The molecule has 0 heterocycles. The van der Waals surface area contributed by atoms with Crippen molar-refractivity contribution in [2.24, 2.45) is 0 Å². The van der Waals surface area contributed by atoms with Gasteiger partial charge in [-0.25, -0.2) is 0 Å². The van der Waals surface area contributed by atoms with E-state index in [9.17, 15) is 0 Å². The number of benzene rings is 1. The van der Waals surface area contributed by atoms with Gasteiger partial charge in [0.1, 0.15) is 5.75 Å². The Morgan fingerprint density at radius 1 is 1.50 bits per heavy atom. The van der Waals surface area contributed by atoms with Crippen LogP contribution < -0.4 is 4.74 Å². The lowest BCUT2D eigenvalue weighted by molar-refractivity contribution is 0.414. The van der Waals surface area contributed by atoms with Crippen LogP contribution in [0.15, 0.2) is 24.8 Å². The molecule has 0 fully saturated rings. The molecule has 0 atom stereocenters. The zero-order valence-electron chi connectivity index (χ0n) is 7.00. The van der Waals surface area contributed by atoms with Gasteiger partial charge in [0.05, 0.1) is 7.11 Å². The molecule has 0 bridgehead atoms. The molecule has 2 heteroatoms. The predicted molar refractivity (Wildman–Crippen MR) is 51.0 cm³/mol. The summed E-state index contributed by atoms with van der Waals surface area (Å²) in [5.41, 5.74) is 1.69. The summed E-state index contributed by atoms with van der Waals surface area (Å²) in [5, 5.41) is 7.18. The monoisotopic (exact) mass is 161 g/mol. The smallest absolute Gasteiger partial charge is 0.128 e. The fourth-order valence-corrected chi connectivity index (χ4v) is 1.07. The molecule has 62 valence electrons. The lowest BCUT2D eigenvalue weighted by Gasteiger charge is -2.05. The van der Waals surface area contributed by atoms with Crippen molar-refractivity contribution in [1.82, 2.24) is 0 Å². The van der Waals surface area contributed by atoms with Crippen LogP contribution in [0.5, 0.6) is 5.75 Å². The van der Waals surface area contributed by atoms with Crippen molar-refractivity contribution in [2.45, 2.75) is 0 Å². The molecule has 0 aromatic heterocycles. The fraction of sp³-hybridized carbons (Fsp3) is 0.100. The van der Waals surface area contributed by atoms with Gasteiger partial charge in [-0.05, 0) is 11.6 Å². The van der Waals surface area contributed by atoms with Gasteiger partial charge in [-0.3, -0.25) is 0 Å². The lowest BCUT2D eigenvalue weighted by Crippen LogP contribution is -1.92. The average molecular weight is 161 g/mol. The SMILES string of the molecule is C=Cc1cccc(OC)c1C=N.